The summed E-state index contributed by atoms with van der Waals surface area (Å²) in [5, 5.41) is 8.94. The molecule has 2 aromatic rings. The van der Waals surface area contributed by atoms with Gasteiger partial charge in [0.25, 0.3) is 0 Å². The van der Waals surface area contributed by atoms with Crippen LogP contribution in [0, 0.1) is 20.8 Å². The molecule has 3 amide bonds. The van der Waals surface area contributed by atoms with E-state index < -0.39 is 6.03 Å². The van der Waals surface area contributed by atoms with E-state index in [0.29, 0.717) is 11.6 Å². The fraction of sp³-hybridized carbons (Fsp3) is 0.364. The lowest BCUT2D eigenvalue weighted by Gasteiger charge is -2.26. The van der Waals surface area contributed by atoms with E-state index in [2.05, 4.69) is 16.0 Å². The number of aryl methyl sites for hydroxylation is 3. The summed E-state index contributed by atoms with van der Waals surface area (Å²) in [7, 11) is 0. The van der Waals surface area contributed by atoms with Gasteiger partial charge >= 0.3 is 6.03 Å². The standard InChI is InChI=1S/C22H28ClN3O2/c1-14-10-15(2)20(16(3)11-14)26-19(27)12-24-21(28)25-13-22(4,5)17-8-6-7-9-18(17)23/h6-11H,12-13H2,1-5H3,(H,26,27)(H2,24,25,28). The molecule has 5 nitrogen and oxygen atoms in total. The minimum absolute atomic E-state index is 0.106. The van der Waals surface area contributed by atoms with Gasteiger partial charge in [-0.05, 0) is 43.5 Å². The lowest BCUT2D eigenvalue weighted by Crippen LogP contribution is -2.44. The maximum absolute atomic E-state index is 12.2. The van der Waals surface area contributed by atoms with E-state index in [1.807, 2.05) is 71.0 Å². The number of benzene rings is 2. The summed E-state index contributed by atoms with van der Waals surface area (Å²) in [4.78, 5) is 24.3. The van der Waals surface area contributed by atoms with E-state index in [0.717, 1.165) is 27.9 Å². The van der Waals surface area contributed by atoms with E-state index in [-0.39, 0.29) is 17.9 Å². The summed E-state index contributed by atoms with van der Waals surface area (Å²) in [5.74, 6) is -0.268. The molecule has 0 saturated carbocycles. The van der Waals surface area contributed by atoms with Gasteiger partial charge in [-0.2, -0.15) is 0 Å². The highest BCUT2D eigenvalue weighted by molar-refractivity contribution is 6.31. The van der Waals surface area contributed by atoms with E-state index >= 15 is 0 Å². The third-order valence-corrected chi connectivity index (χ3v) is 4.97. The SMILES string of the molecule is Cc1cc(C)c(NC(=O)CNC(=O)NCC(C)(C)c2ccccc2Cl)c(C)c1. The smallest absolute Gasteiger partial charge is 0.315 e. The van der Waals surface area contributed by atoms with Crippen molar-refractivity contribution in [2.45, 2.75) is 40.0 Å². The highest BCUT2D eigenvalue weighted by Gasteiger charge is 2.23. The molecule has 2 aromatic carbocycles. The molecule has 0 atom stereocenters. The van der Waals surface area contributed by atoms with Gasteiger partial charge in [-0.15, -0.1) is 0 Å². The summed E-state index contributed by atoms with van der Waals surface area (Å²) in [6.45, 7) is 10.2. The van der Waals surface area contributed by atoms with E-state index in [9.17, 15) is 9.59 Å². The molecule has 150 valence electrons. The molecule has 0 aliphatic carbocycles. The van der Waals surface area contributed by atoms with Crippen LogP contribution in [0.25, 0.3) is 0 Å². The average Bonchev–Trinajstić information content (AvgIpc) is 2.61. The summed E-state index contributed by atoms with van der Waals surface area (Å²) < 4.78 is 0. The minimum Gasteiger partial charge on any atom is -0.337 e. The first-order valence-corrected chi connectivity index (χ1v) is 9.62. The second-order valence-corrected chi connectivity index (χ2v) is 8.13. The monoisotopic (exact) mass is 401 g/mol. The van der Waals surface area contributed by atoms with Crippen molar-refractivity contribution in [2.24, 2.45) is 0 Å². The maximum atomic E-state index is 12.2. The lowest BCUT2D eigenvalue weighted by molar-refractivity contribution is -0.115. The molecule has 0 bridgehead atoms. The average molecular weight is 402 g/mol. The predicted octanol–water partition coefficient (Wildman–Crippen LogP) is 4.48. The van der Waals surface area contributed by atoms with Crippen LogP contribution in [0.5, 0.6) is 0 Å². The molecule has 6 heteroatoms. The summed E-state index contributed by atoms with van der Waals surface area (Å²) in [6.07, 6.45) is 0. The van der Waals surface area contributed by atoms with Crippen molar-refractivity contribution in [3.63, 3.8) is 0 Å². The number of rotatable bonds is 6. The lowest BCUT2D eigenvalue weighted by atomic mass is 9.84. The number of nitrogens with one attached hydrogen (secondary N) is 3. The van der Waals surface area contributed by atoms with Crippen molar-refractivity contribution in [2.75, 3.05) is 18.4 Å². The van der Waals surface area contributed by atoms with Gasteiger partial charge in [0.15, 0.2) is 0 Å². The Bertz CT molecular complexity index is 855. The van der Waals surface area contributed by atoms with E-state index in [1.165, 1.54) is 0 Å². The molecule has 0 aromatic heterocycles. The zero-order valence-electron chi connectivity index (χ0n) is 17.1. The molecule has 0 radical (unpaired) electrons. The number of anilines is 1. The Balaban J connectivity index is 1.86. The van der Waals surface area contributed by atoms with Crippen LogP contribution in [0.2, 0.25) is 5.02 Å². The summed E-state index contributed by atoms with van der Waals surface area (Å²) in [6, 6.07) is 11.2. The van der Waals surface area contributed by atoms with Crippen LogP contribution in [0.4, 0.5) is 10.5 Å². The molecular formula is C22H28ClN3O2. The largest absolute Gasteiger partial charge is 0.337 e. The summed E-state index contributed by atoms with van der Waals surface area (Å²) in [5.41, 5.74) is 4.55. The second kappa shape index (κ2) is 9.11. The Hall–Kier alpha value is -2.53. The minimum atomic E-state index is -0.396. The molecule has 0 fully saturated rings. The van der Waals surface area contributed by atoms with Crippen molar-refractivity contribution in [3.8, 4) is 0 Å². The van der Waals surface area contributed by atoms with Gasteiger partial charge in [-0.25, -0.2) is 4.79 Å². The Labute approximate surface area is 171 Å². The van der Waals surface area contributed by atoms with Gasteiger partial charge in [0, 0.05) is 22.7 Å². The van der Waals surface area contributed by atoms with Crippen molar-refractivity contribution in [1.82, 2.24) is 10.6 Å². The van der Waals surface area contributed by atoms with Gasteiger partial charge in [0.1, 0.15) is 0 Å². The maximum Gasteiger partial charge on any atom is 0.315 e. The Morgan fingerprint density at radius 1 is 1.00 bits per heavy atom. The predicted molar refractivity (Wildman–Crippen MR) is 115 cm³/mol. The third kappa shape index (κ3) is 5.73. The summed E-state index contributed by atoms with van der Waals surface area (Å²) >= 11 is 6.26. The topological polar surface area (TPSA) is 70.2 Å². The normalized spacial score (nSPS) is 11.1. The van der Waals surface area contributed by atoms with Crippen molar-refractivity contribution >= 4 is 29.2 Å². The Morgan fingerprint density at radius 3 is 2.21 bits per heavy atom. The van der Waals surface area contributed by atoms with Crippen LogP contribution in [0.15, 0.2) is 36.4 Å². The first-order valence-electron chi connectivity index (χ1n) is 9.24. The first kappa shape index (κ1) is 21.8. The molecule has 0 spiro atoms. The highest BCUT2D eigenvalue weighted by atomic mass is 35.5. The zero-order chi connectivity index (χ0) is 20.9. The van der Waals surface area contributed by atoms with Gasteiger partial charge in [-0.3, -0.25) is 4.79 Å². The molecule has 0 saturated heterocycles. The fourth-order valence-corrected chi connectivity index (χ4v) is 3.58. The molecule has 28 heavy (non-hydrogen) atoms. The number of urea groups is 1. The van der Waals surface area contributed by atoms with Gasteiger partial charge < -0.3 is 16.0 Å². The Kier molecular flexibility index (Phi) is 7.08. The quantitative estimate of drug-likeness (QED) is 0.667. The highest BCUT2D eigenvalue weighted by Crippen LogP contribution is 2.29. The van der Waals surface area contributed by atoms with Crippen LogP contribution in [-0.2, 0) is 10.2 Å². The van der Waals surface area contributed by atoms with Crippen LogP contribution >= 0.6 is 11.6 Å². The van der Waals surface area contributed by atoms with Gasteiger partial charge in [-0.1, -0.05) is 61.3 Å². The van der Waals surface area contributed by atoms with Gasteiger partial charge in [0.05, 0.1) is 6.54 Å². The second-order valence-electron chi connectivity index (χ2n) is 7.72. The number of amides is 3. The third-order valence-electron chi connectivity index (χ3n) is 4.64. The van der Waals surface area contributed by atoms with Crippen LogP contribution in [0.1, 0.15) is 36.1 Å². The fourth-order valence-electron chi connectivity index (χ4n) is 3.19. The number of carbonyl (C=O) groups excluding carboxylic acids is 2. The van der Waals surface area contributed by atoms with E-state index in [4.69, 9.17) is 11.6 Å². The molecule has 0 aliphatic rings. The first-order chi connectivity index (χ1) is 13.1. The van der Waals surface area contributed by atoms with Crippen LogP contribution < -0.4 is 16.0 Å². The van der Waals surface area contributed by atoms with Crippen LogP contribution in [-0.4, -0.2) is 25.0 Å². The number of hydrogen-bond donors (Lipinski definition) is 3. The molecule has 0 unspecified atom stereocenters. The van der Waals surface area contributed by atoms with Crippen LogP contribution in [0.3, 0.4) is 0 Å². The van der Waals surface area contributed by atoms with Gasteiger partial charge in [0.2, 0.25) is 5.91 Å². The van der Waals surface area contributed by atoms with E-state index in [1.54, 1.807) is 0 Å². The molecule has 0 aliphatic heterocycles. The number of carbonyl (C=O) groups is 2. The number of halogens is 1. The van der Waals surface area contributed by atoms with Crippen molar-refractivity contribution in [1.29, 1.82) is 0 Å². The molecule has 2 rings (SSSR count). The molecule has 3 N–H and O–H groups in total. The zero-order valence-corrected chi connectivity index (χ0v) is 17.8. The molecular weight excluding hydrogens is 374 g/mol. The van der Waals surface area contributed by atoms with Crippen molar-refractivity contribution < 1.29 is 9.59 Å². The van der Waals surface area contributed by atoms with Crippen molar-refractivity contribution in [3.05, 3.63) is 63.7 Å². The number of hydrogen-bond acceptors (Lipinski definition) is 2. The Morgan fingerprint density at radius 2 is 1.61 bits per heavy atom. The molecule has 0 heterocycles.